The Bertz CT molecular complexity index is 418. The van der Waals surface area contributed by atoms with Gasteiger partial charge in [0.2, 0.25) is 0 Å². The zero-order valence-corrected chi connectivity index (χ0v) is 9.75. The summed E-state index contributed by atoms with van der Waals surface area (Å²) in [7, 11) is 1.72. The Morgan fingerprint density at radius 2 is 2.38 bits per heavy atom. The van der Waals surface area contributed by atoms with Gasteiger partial charge in [0.05, 0.1) is 19.3 Å². The van der Waals surface area contributed by atoms with Gasteiger partial charge in [-0.15, -0.1) is 0 Å². The summed E-state index contributed by atoms with van der Waals surface area (Å²) in [5.41, 5.74) is 2.56. The standard InChI is InChI=1S/C13H17NO2/c1-13-8-14-6-11(13)9-4-3-5-12(15-2)10(9)7-16-13/h3-5,11,14H,6-8H2,1-2H3. The first kappa shape index (κ1) is 10.1. The maximum absolute atomic E-state index is 6.02. The van der Waals surface area contributed by atoms with Gasteiger partial charge in [0.25, 0.3) is 0 Å². The maximum Gasteiger partial charge on any atom is 0.124 e. The Hall–Kier alpha value is -1.06. The van der Waals surface area contributed by atoms with E-state index in [1.807, 2.05) is 6.07 Å². The van der Waals surface area contributed by atoms with Gasteiger partial charge in [-0.3, -0.25) is 0 Å². The highest BCUT2D eigenvalue weighted by atomic mass is 16.5. The summed E-state index contributed by atoms with van der Waals surface area (Å²) < 4.78 is 11.4. The number of methoxy groups -OCH3 is 1. The summed E-state index contributed by atoms with van der Waals surface area (Å²) >= 11 is 0. The topological polar surface area (TPSA) is 30.5 Å². The van der Waals surface area contributed by atoms with Crippen molar-refractivity contribution in [2.24, 2.45) is 0 Å². The molecule has 16 heavy (non-hydrogen) atoms. The summed E-state index contributed by atoms with van der Waals surface area (Å²) in [6.07, 6.45) is 0. The molecule has 0 aromatic heterocycles. The van der Waals surface area contributed by atoms with Gasteiger partial charge in [-0.1, -0.05) is 12.1 Å². The SMILES string of the molecule is COc1cccc2c1COC1(C)CNCC21. The molecule has 86 valence electrons. The van der Waals surface area contributed by atoms with E-state index in [0.717, 1.165) is 18.8 Å². The number of rotatable bonds is 1. The molecule has 0 radical (unpaired) electrons. The summed E-state index contributed by atoms with van der Waals surface area (Å²) in [6, 6.07) is 6.28. The molecule has 1 aromatic carbocycles. The van der Waals surface area contributed by atoms with E-state index in [1.54, 1.807) is 7.11 Å². The minimum Gasteiger partial charge on any atom is -0.496 e. The first-order valence-corrected chi connectivity index (χ1v) is 5.75. The van der Waals surface area contributed by atoms with Crippen molar-refractivity contribution in [1.82, 2.24) is 5.32 Å². The zero-order chi connectivity index (χ0) is 11.2. The van der Waals surface area contributed by atoms with Crippen LogP contribution in [0.3, 0.4) is 0 Å². The van der Waals surface area contributed by atoms with Crippen LogP contribution in [0.4, 0.5) is 0 Å². The van der Waals surface area contributed by atoms with Crippen molar-refractivity contribution in [2.45, 2.75) is 25.0 Å². The van der Waals surface area contributed by atoms with Gasteiger partial charge < -0.3 is 14.8 Å². The zero-order valence-electron chi connectivity index (χ0n) is 9.75. The van der Waals surface area contributed by atoms with E-state index >= 15 is 0 Å². The van der Waals surface area contributed by atoms with Gasteiger partial charge in [0, 0.05) is 24.6 Å². The molecular formula is C13H17NO2. The van der Waals surface area contributed by atoms with Crippen LogP contribution in [0, 0.1) is 0 Å². The van der Waals surface area contributed by atoms with E-state index in [9.17, 15) is 0 Å². The number of nitrogens with one attached hydrogen (secondary N) is 1. The molecule has 2 heterocycles. The van der Waals surface area contributed by atoms with Gasteiger partial charge in [-0.05, 0) is 18.6 Å². The highest BCUT2D eigenvalue weighted by molar-refractivity contribution is 5.45. The molecule has 0 amide bonds. The predicted molar refractivity (Wildman–Crippen MR) is 61.8 cm³/mol. The van der Waals surface area contributed by atoms with E-state index < -0.39 is 0 Å². The third-order valence-electron chi connectivity index (χ3n) is 3.87. The summed E-state index contributed by atoms with van der Waals surface area (Å²) in [5.74, 6) is 1.40. The number of hydrogen-bond acceptors (Lipinski definition) is 3. The van der Waals surface area contributed by atoms with Crippen LogP contribution in [-0.4, -0.2) is 25.8 Å². The lowest BCUT2D eigenvalue weighted by molar-refractivity contribution is -0.0525. The quantitative estimate of drug-likeness (QED) is 0.779. The van der Waals surface area contributed by atoms with Crippen LogP contribution >= 0.6 is 0 Å². The van der Waals surface area contributed by atoms with Crippen molar-refractivity contribution in [3.8, 4) is 5.75 Å². The molecule has 2 atom stereocenters. The summed E-state index contributed by atoms with van der Waals surface area (Å²) in [6.45, 7) is 4.79. The molecule has 1 aromatic rings. The summed E-state index contributed by atoms with van der Waals surface area (Å²) in [4.78, 5) is 0. The molecule has 1 fully saturated rings. The molecule has 3 nitrogen and oxygen atoms in total. The Kier molecular flexibility index (Phi) is 2.19. The van der Waals surface area contributed by atoms with E-state index in [-0.39, 0.29) is 5.60 Å². The molecule has 1 N–H and O–H groups in total. The number of hydrogen-bond donors (Lipinski definition) is 1. The molecule has 2 unspecified atom stereocenters. The first-order chi connectivity index (χ1) is 7.74. The van der Waals surface area contributed by atoms with Crippen molar-refractivity contribution in [3.05, 3.63) is 29.3 Å². The van der Waals surface area contributed by atoms with E-state index in [0.29, 0.717) is 12.5 Å². The maximum atomic E-state index is 6.02. The van der Waals surface area contributed by atoms with Crippen LogP contribution in [0.5, 0.6) is 5.75 Å². The highest BCUT2D eigenvalue weighted by Gasteiger charge is 2.44. The average molecular weight is 219 g/mol. The number of fused-ring (bicyclic) bond motifs is 3. The Morgan fingerprint density at radius 3 is 3.19 bits per heavy atom. The smallest absolute Gasteiger partial charge is 0.124 e. The predicted octanol–water partition coefficient (Wildman–Crippen LogP) is 1.67. The normalized spacial score (nSPS) is 32.0. The Labute approximate surface area is 95.8 Å². The molecule has 2 aliphatic heterocycles. The van der Waals surface area contributed by atoms with Gasteiger partial charge in [-0.25, -0.2) is 0 Å². The van der Waals surface area contributed by atoms with Crippen molar-refractivity contribution >= 4 is 0 Å². The van der Waals surface area contributed by atoms with Crippen LogP contribution < -0.4 is 10.1 Å². The van der Waals surface area contributed by atoms with Gasteiger partial charge in [0.1, 0.15) is 5.75 Å². The molecule has 0 bridgehead atoms. The van der Waals surface area contributed by atoms with Gasteiger partial charge in [-0.2, -0.15) is 0 Å². The first-order valence-electron chi connectivity index (χ1n) is 5.75. The van der Waals surface area contributed by atoms with Crippen LogP contribution in [0.1, 0.15) is 24.0 Å². The molecule has 1 saturated heterocycles. The van der Waals surface area contributed by atoms with E-state index in [4.69, 9.17) is 9.47 Å². The monoisotopic (exact) mass is 219 g/mol. The van der Waals surface area contributed by atoms with E-state index in [1.165, 1.54) is 11.1 Å². The van der Waals surface area contributed by atoms with Crippen LogP contribution in [-0.2, 0) is 11.3 Å². The molecular weight excluding hydrogens is 202 g/mol. The molecule has 3 heteroatoms. The molecule has 3 rings (SSSR count). The lowest BCUT2D eigenvalue weighted by Gasteiger charge is -2.37. The highest BCUT2D eigenvalue weighted by Crippen LogP contribution is 2.43. The fraction of sp³-hybridized carbons (Fsp3) is 0.538. The van der Waals surface area contributed by atoms with E-state index in [2.05, 4.69) is 24.4 Å². The minimum atomic E-state index is -0.0423. The van der Waals surface area contributed by atoms with Crippen molar-refractivity contribution in [1.29, 1.82) is 0 Å². The van der Waals surface area contributed by atoms with Crippen molar-refractivity contribution in [2.75, 3.05) is 20.2 Å². The second kappa shape index (κ2) is 3.47. The van der Waals surface area contributed by atoms with Crippen LogP contribution in [0.25, 0.3) is 0 Å². The summed E-state index contributed by atoms with van der Waals surface area (Å²) in [5, 5.41) is 3.42. The Morgan fingerprint density at radius 1 is 1.50 bits per heavy atom. The number of benzene rings is 1. The van der Waals surface area contributed by atoms with Crippen molar-refractivity contribution in [3.63, 3.8) is 0 Å². The fourth-order valence-electron chi connectivity index (χ4n) is 2.89. The molecule has 0 aliphatic carbocycles. The minimum absolute atomic E-state index is 0.0423. The average Bonchev–Trinajstić information content (AvgIpc) is 2.70. The third-order valence-corrected chi connectivity index (χ3v) is 3.87. The fourth-order valence-corrected chi connectivity index (χ4v) is 2.89. The van der Waals surface area contributed by atoms with Crippen LogP contribution in [0.15, 0.2) is 18.2 Å². The second-order valence-corrected chi connectivity index (χ2v) is 4.81. The van der Waals surface area contributed by atoms with Gasteiger partial charge in [0.15, 0.2) is 0 Å². The number of ether oxygens (including phenoxy) is 2. The Balaban J connectivity index is 2.10. The van der Waals surface area contributed by atoms with Crippen LogP contribution in [0.2, 0.25) is 0 Å². The molecule has 0 saturated carbocycles. The van der Waals surface area contributed by atoms with Crippen molar-refractivity contribution < 1.29 is 9.47 Å². The lowest BCUT2D eigenvalue weighted by Crippen LogP contribution is -2.39. The van der Waals surface area contributed by atoms with Gasteiger partial charge >= 0.3 is 0 Å². The molecule has 0 spiro atoms. The second-order valence-electron chi connectivity index (χ2n) is 4.81. The molecule has 2 aliphatic rings. The lowest BCUT2D eigenvalue weighted by atomic mass is 9.81. The third kappa shape index (κ3) is 1.28. The largest absolute Gasteiger partial charge is 0.496 e.